The van der Waals surface area contributed by atoms with Crippen molar-refractivity contribution in [3.63, 3.8) is 0 Å². The molecule has 30 heavy (non-hydrogen) atoms. The maximum absolute atomic E-state index is 12.6. The fourth-order valence-corrected chi connectivity index (χ4v) is 4.76. The van der Waals surface area contributed by atoms with Gasteiger partial charge < -0.3 is 4.74 Å². The first-order valence-electron chi connectivity index (χ1n) is 9.45. The van der Waals surface area contributed by atoms with E-state index >= 15 is 0 Å². The highest BCUT2D eigenvalue weighted by Gasteiger charge is 2.33. The molecule has 1 aliphatic rings. The van der Waals surface area contributed by atoms with E-state index in [9.17, 15) is 13.7 Å². The van der Waals surface area contributed by atoms with E-state index in [-0.39, 0.29) is 28.3 Å². The van der Waals surface area contributed by atoms with Crippen LogP contribution in [0.3, 0.4) is 0 Å². The first-order chi connectivity index (χ1) is 14.5. The Morgan fingerprint density at radius 2 is 2.10 bits per heavy atom. The lowest BCUT2D eigenvalue weighted by Gasteiger charge is -2.22. The molecule has 4 rings (SSSR count). The van der Waals surface area contributed by atoms with Crippen molar-refractivity contribution in [1.82, 2.24) is 19.7 Å². The van der Waals surface area contributed by atoms with E-state index in [0.717, 1.165) is 25.0 Å². The largest absolute Gasteiger partial charge is 0.488 e. The monoisotopic (exact) mass is 424 g/mol. The highest BCUT2D eigenvalue weighted by molar-refractivity contribution is 7.92. The van der Waals surface area contributed by atoms with Gasteiger partial charge in [0.1, 0.15) is 30.1 Å². The molecule has 2 atom stereocenters. The summed E-state index contributed by atoms with van der Waals surface area (Å²) in [5.41, 5.74) is 1.25. The number of rotatable bonds is 6. The summed E-state index contributed by atoms with van der Waals surface area (Å²) in [5.74, 6) is 0.693. The lowest BCUT2D eigenvalue weighted by atomic mass is 10.0. The Morgan fingerprint density at radius 1 is 1.23 bits per heavy atom. The SMILES string of the molecule is Cn1nccc1[C@H]1CCC[C@@H]1Oc1ccc(S(=O)(=O)Nc2ccncn2)cc1C#N. The number of benzene rings is 1. The lowest BCUT2D eigenvalue weighted by Crippen LogP contribution is -2.22. The first-order valence-corrected chi connectivity index (χ1v) is 10.9. The molecule has 1 aromatic carbocycles. The van der Waals surface area contributed by atoms with Crippen molar-refractivity contribution in [1.29, 1.82) is 5.26 Å². The normalized spacial score (nSPS) is 18.7. The van der Waals surface area contributed by atoms with Crippen LogP contribution in [-0.4, -0.2) is 34.3 Å². The molecule has 2 aromatic heterocycles. The number of hydrogen-bond donors (Lipinski definition) is 1. The third kappa shape index (κ3) is 3.97. The van der Waals surface area contributed by atoms with Gasteiger partial charge in [0, 0.05) is 31.1 Å². The minimum atomic E-state index is -3.90. The van der Waals surface area contributed by atoms with Crippen LogP contribution in [0.15, 0.2) is 53.9 Å². The van der Waals surface area contributed by atoms with Crippen molar-refractivity contribution < 1.29 is 13.2 Å². The van der Waals surface area contributed by atoms with Crippen LogP contribution in [0.25, 0.3) is 0 Å². The van der Waals surface area contributed by atoms with E-state index < -0.39 is 10.0 Å². The third-order valence-corrected chi connectivity index (χ3v) is 6.52. The van der Waals surface area contributed by atoms with Crippen LogP contribution >= 0.6 is 0 Å². The van der Waals surface area contributed by atoms with E-state index in [1.807, 2.05) is 23.9 Å². The van der Waals surface area contributed by atoms with Crippen molar-refractivity contribution in [2.75, 3.05) is 4.72 Å². The number of ether oxygens (including phenoxy) is 1. The van der Waals surface area contributed by atoms with Gasteiger partial charge in [-0.1, -0.05) is 0 Å². The standard InChI is InChI=1S/C20H20N6O3S/c1-26-17(7-10-24-26)16-3-2-4-19(16)29-18-6-5-15(11-14(18)12-21)30(27,28)25-20-8-9-22-13-23-20/h5-11,13,16,19H,2-4H2,1H3,(H,22,23,25)/t16-,19+/m1/s1. The Bertz CT molecular complexity index is 1190. The number of anilines is 1. The topological polar surface area (TPSA) is 123 Å². The molecule has 0 unspecified atom stereocenters. The molecule has 0 radical (unpaired) electrons. The molecule has 10 heteroatoms. The molecule has 1 fully saturated rings. The molecular weight excluding hydrogens is 404 g/mol. The average Bonchev–Trinajstić information content (AvgIpc) is 3.36. The molecule has 1 aliphatic carbocycles. The number of aryl methyl sites for hydroxylation is 1. The quantitative estimate of drug-likeness (QED) is 0.645. The van der Waals surface area contributed by atoms with Crippen molar-refractivity contribution >= 4 is 15.8 Å². The highest BCUT2D eigenvalue weighted by Crippen LogP contribution is 2.38. The van der Waals surface area contributed by atoms with Gasteiger partial charge >= 0.3 is 0 Å². The second-order valence-electron chi connectivity index (χ2n) is 7.04. The van der Waals surface area contributed by atoms with Crippen LogP contribution in [0.1, 0.15) is 36.4 Å². The fourth-order valence-electron chi connectivity index (χ4n) is 3.73. The smallest absolute Gasteiger partial charge is 0.263 e. The zero-order chi connectivity index (χ0) is 21.1. The molecule has 1 N–H and O–H groups in total. The minimum absolute atomic E-state index is 0.0420. The summed E-state index contributed by atoms with van der Waals surface area (Å²) in [5, 5.41) is 13.8. The Balaban J connectivity index is 1.57. The van der Waals surface area contributed by atoms with Crippen LogP contribution < -0.4 is 9.46 Å². The molecule has 2 heterocycles. The number of sulfonamides is 1. The average molecular weight is 424 g/mol. The molecule has 0 aliphatic heterocycles. The molecule has 1 saturated carbocycles. The number of nitrogens with zero attached hydrogens (tertiary/aromatic N) is 5. The van der Waals surface area contributed by atoms with E-state index in [2.05, 4.69) is 19.8 Å². The Morgan fingerprint density at radius 3 is 2.80 bits per heavy atom. The molecular formula is C20H20N6O3S. The van der Waals surface area contributed by atoms with E-state index in [0.29, 0.717) is 5.75 Å². The predicted molar refractivity (Wildman–Crippen MR) is 108 cm³/mol. The van der Waals surface area contributed by atoms with Crippen molar-refractivity contribution in [2.24, 2.45) is 7.05 Å². The first kappa shape index (κ1) is 19.8. The number of aromatic nitrogens is 4. The number of hydrogen-bond acceptors (Lipinski definition) is 7. The Kier molecular flexibility index (Phi) is 5.37. The molecule has 0 spiro atoms. The third-order valence-electron chi connectivity index (χ3n) is 5.17. The summed E-state index contributed by atoms with van der Waals surface area (Å²) >= 11 is 0. The Hall–Kier alpha value is -3.45. The van der Waals surface area contributed by atoms with Crippen LogP contribution in [0.2, 0.25) is 0 Å². The number of nitrogens with one attached hydrogen (secondary N) is 1. The maximum atomic E-state index is 12.6. The molecule has 3 aromatic rings. The summed E-state index contributed by atoms with van der Waals surface area (Å²) in [4.78, 5) is 7.57. The zero-order valence-electron chi connectivity index (χ0n) is 16.3. The van der Waals surface area contributed by atoms with Crippen LogP contribution in [0.4, 0.5) is 5.82 Å². The minimum Gasteiger partial charge on any atom is -0.488 e. The van der Waals surface area contributed by atoms with Crippen molar-refractivity contribution in [3.05, 3.63) is 60.3 Å². The summed E-state index contributed by atoms with van der Waals surface area (Å²) in [6.07, 6.45) is 7.18. The molecule has 154 valence electrons. The number of nitriles is 1. The van der Waals surface area contributed by atoms with Gasteiger partial charge in [0.05, 0.1) is 10.5 Å². The van der Waals surface area contributed by atoms with E-state index in [1.54, 1.807) is 6.20 Å². The summed E-state index contributed by atoms with van der Waals surface area (Å²) < 4.78 is 35.7. The van der Waals surface area contributed by atoms with Gasteiger partial charge in [-0.3, -0.25) is 9.40 Å². The Labute approximate surface area is 174 Å². The molecule has 0 amide bonds. The van der Waals surface area contributed by atoms with Gasteiger partial charge in [-0.15, -0.1) is 0 Å². The van der Waals surface area contributed by atoms with Gasteiger partial charge in [-0.2, -0.15) is 10.4 Å². The van der Waals surface area contributed by atoms with Crippen molar-refractivity contribution in [3.8, 4) is 11.8 Å². The van der Waals surface area contributed by atoms with Gasteiger partial charge in [-0.25, -0.2) is 18.4 Å². The van der Waals surface area contributed by atoms with Gasteiger partial charge in [0.2, 0.25) is 0 Å². The van der Waals surface area contributed by atoms with E-state index in [1.165, 1.54) is 36.8 Å². The van der Waals surface area contributed by atoms with Crippen LogP contribution in [0.5, 0.6) is 5.75 Å². The van der Waals surface area contributed by atoms with Gasteiger partial charge in [0.15, 0.2) is 0 Å². The van der Waals surface area contributed by atoms with Crippen LogP contribution in [0, 0.1) is 11.3 Å². The summed E-state index contributed by atoms with van der Waals surface area (Å²) in [7, 11) is -2.00. The fraction of sp³-hybridized carbons (Fsp3) is 0.300. The van der Waals surface area contributed by atoms with Crippen LogP contribution in [-0.2, 0) is 17.1 Å². The van der Waals surface area contributed by atoms with Gasteiger partial charge in [-0.05, 0) is 49.6 Å². The second-order valence-corrected chi connectivity index (χ2v) is 8.73. The zero-order valence-corrected chi connectivity index (χ0v) is 17.1. The van der Waals surface area contributed by atoms with Gasteiger partial charge in [0.25, 0.3) is 10.0 Å². The second kappa shape index (κ2) is 8.12. The summed E-state index contributed by atoms with van der Waals surface area (Å²) in [6.45, 7) is 0. The molecule has 0 bridgehead atoms. The predicted octanol–water partition coefficient (Wildman–Crippen LogP) is 2.60. The maximum Gasteiger partial charge on any atom is 0.263 e. The molecule has 9 nitrogen and oxygen atoms in total. The van der Waals surface area contributed by atoms with E-state index in [4.69, 9.17) is 4.74 Å². The highest BCUT2D eigenvalue weighted by atomic mass is 32.2. The lowest BCUT2D eigenvalue weighted by molar-refractivity contribution is 0.186. The molecule has 0 saturated heterocycles. The van der Waals surface area contributed by atoms with Crippen molar-refractivity contribution in [2.45, 2.75) is 36.2 Å². The summed E-state index contributed by atoms with van der Waals surface area (Å²) in [6, 6.07) is 9.74.